The summed E-state index contributed by atoms with van der Waals surface area (Å²) in [5, 5.41) is 27.0. The van der Waals surface area contributed by atoms with Crippen molar-refractivity contribution in [2.24, 2.45) is 0 Å². The number of aliphatic hydroxyl groups excluding tert-OH is 1. The van der Waals surface area contributed by atoms with Crippen LogP contribution in [0.15, 0.2) is 6.33 Å². The van der Waals surface area contributed by atoms with Gasteiger partial charge in [-0.3, -0.25) is 9.36 Å². The molecule has 0 bridgehead atoms. The number of nitrogens with two attached hydrogens (primary N) is 1. The van der Waals surface area contributed by atoms with Crippen LogP contribution in [0.4, 0.5) is 11.8 Å². The van der Waals surface area contributed by atoms with Crippen LogP contribution in [-0.4, -0.2) is 79.3 Å². The first-order chi connectivity index (χ1) is 15.4. The molecule has 3 rings (SSSR count). The number of nitrogens with one attached hydrogen (secondary N) is 2. The van der Waals surface area contributed by atoms with E-state index in [0.29, 0.717) is 11.3 Å². The van der Waals surface area contributed by atoms with E-state index in [1.807, 2.05) is 0 Å². The lowest BCUT2D eigenvalue weighted by Crippen LogP contribution is -2.44. The van der Waals surface area contributed by atoms with Crippen LogP contribution in [0, 0.1) is 0 Å². The first kappa shape index (κ1) is 25.1. The number of esters is 1. The van der Waals surface area contributed by atoms with Gasteiger partial charge >= 0.3 is 14.1 Å². The molecule has 14 nitrogen and oxygen atoms in total. The molecule has 0 aromatic carbocycles. The Balaban J connectivity index is 1.70. The highest BCUT2D eigenvalue weighted by Crippen LogP contribution is 2.40. The zero-order chi connectivity index (χ0) is 24.5. The number of ether oxygens (including phenoxy) is 2. The van der Waals surface area contributed by atoms with E-state index in [4.69, 9.17) is 19.7 Å². The minimum Gasteiger partial charge on any atom is -0.462 e. The topological polar surface area (TPSA) is 196 Å². The quantitative estimate of drug-likeness (QED) is 0.236. The molecular formula is C18H29N7O7P+. The van der Waals surface area contributed by atoms with Gasteiger partial charge in [-0.1, -0.05) is 5.09 Å². The fourth-order valence-electron chi connectivity index (χ4n) is 3.38. The van der Waals surface area contributed by atoms with Crippen molar-refractivity contribution in [2.45, 2.75) is 63.9 Å². The molecule has 3 heterocycles. The molecule has 0 aliphatic carbocycles. The average molecular weight is 486 g/mol. The van der Waals surface area contributed by atoms with Gasteiger partial charge in [0.05, 0.1) is 12.4 Å². The standard InChI is InChI=1S/C18H29N7O7P/c1-8(2)31-15(27)9(3)24-33(29)30-6-10-12(26)18(4,28)16(32-10)25-7-21-11-13(20-5)22-17(19)23-14(11)25/h7-10,12,16,26,28H,6H2,1-5H3,(H,24,29)(H3,19,20,22,23)/q+1/t9-,10+,12+,16+,18+/m0/s1. The number of aromatic nitrogens is 4. The van der Waals surface area contributed by atoms with Crippen molar-refractivity contribution in [3.63, 3.8) is 0 Å². The highest BCUT2D eigenvalue weighted by atomic mass is 31.1. The number of hydrogen-bond acceptors (Lipinski definition) is 12. The van der Waals surface area contributed by atoms with Crippen molar-refractivity contribution < 1.29 is 33.6 Å². The fourth-order valence-corrected chi connectivity index (χ4v) is 4.16. The zero-order valence-electron chi connectivity index (χ0n) is 18.9. The van der Waals surface area contributed by atoms with Gasteiger partial charge in [0, 0.05) is 7.05 Å². The summed E-state index contributed by atoms with van der Waals surface area (Å²) in [6.45, 7) is 5.95. The molecule has 6 atom stereocenters. The molecular weight excluding hydrogens is 457 g/mol. The lowest BCUT2D eigenvalue weighted by atomic mass is 9.96. The van der Waals surface area contributed by atoms with Crippen molar-refractivity contribution in [3.05, 3.63) is 6.33 Å². The highest BCUT2D eigenvalue weighted by molar-refractivity contribution is 7.36. The number of fused-ring (bicyclic) bond motifs is 1. The summed E-state index contributed by atoms with van der Waals surface area (Å²) in [5.74, 6) is -0.200. The number of aliphatic hydroxyl groups is 2. The summed E-state index contributed by atoms with van der Waals surface area (Å²) < 4.78 is 29.8. The molecule has 1 saturated heterocycles. The number of carbonyl (C=O) groups excluding carboxylic acids is 1. The Morgan fingerprint density at radius 2 is 2.12 bits per heavy atom. The second-order valence-electron chi connectivity index (χ2n) is 8.09. The summed E-state index contributed by atoms with van der Waals surface area (Å²) in [7, 11) is -0.829. The molecule has 1 unspecified atom stereocenters. The van der Waals surface area contributed by atoms with E-state index in [1.165, 1.54) is 24.7 Å². The smallest absolute Gasteiger partial charge is 0.462 e. The number of carbonyl (C=O) groups is 1. The van der Waals surface area contributed by atoms with Crippen LogP contribution >= 0.6 is 8.18 Å². The van der Waals surface area contributed by atoms with Crippen LogP contribution < -0.4 is 16.1 Å². The van der Waals surface area contributed by atoms with Gasteiger partial charge in [-0.05, 0) is 32.3 Å². The number of anilines is 2. The molecule has 0 radical (unpaired) electrons. The van der Waals surface area contributed by atoms with Crippen molar-refractivity contribution in [1.29, 1.82) is 0 Å². The number of imidazole rings is 1. The molecule has 0 saturated carbocycles. The largest absolute Gasteiger partial charge is 0.613 e. The van der Waals surface area contributed by atoms with Crippen molar-refractivity contribution in [3.8, 4) is 0 Å². The second kappa shape index (κ2) is 9.79. The fraction of sp³-hybridized carbons (Fsp3) is 0.667. The minimum absolute atomic E-state index is 0.0140. The maximum Gasteiger partial charge on any atom is 0.613 e. The predicted octanol–water partition coefficient (Wildman–Crippen LogP) is 0.0632. The second-order valence-corrected chi connectivity index (χ2v) is 9.12. The molecule has 1 aliphatic heterocycles. The Bertz CT molecular complexity index is 1030. The van der Waals surface area contributed by atoms with Gasteiger partial charge in [-0.15, -0.1) is 4.52 Å². The van der Waals surface area contributed by atoms with E-state index in [-0.39, 0.29) is 24.3 Å². The van der Waals surface area contributed by atoms with Crippen LogP contribution in [0.3, 0.4) is 0 Å². The van der Waals surface area contributed by atoms with Crippen LogP contribution in [0.5, 0.6) is 0 Å². The first-order valence-corrected chi connectivity index (χ1v) is 11.4. The van der Waals surface area contributed by atoms with E-state index < -0.39 is 44.2 Å². The van der Waals surface area contributed by atoms with Crippen LogP contribution in [-0.2, 0) is 23.4 Å². The molecule has 182 valence electrons. The number of rotatable bonds is 9. The average Bonchev–Trinajstić information content (AvgIpc) is 3.24. The summed E-state index contributed by atoms with van der Waals surface area (Å²) in [4.78, 5) is 24.3. The molecule has 6 N–H and O–H groups in total. The number of hydrogen-bond donors (Lipinski definition) is 5. The van der Waals surface area contributed by atoms with Crippen molar-refractivity contribution in [2.75, 3.05) is 24.7 Å². The van der Waals surface area contributed by atoms with Gasteiger partial charge in [0.1, 0.15) is 30.5 Å². The number of nitrogens with zero attached hydrogens (tertiary/aromatic N) is 4. The van der Waals surface area contributed by atoms with E-state index in [2.05, 4.69) is 25.4 Å². The van der Waals surface area contributed by atoms with Gasteiger partial charge in [0.25, 0.3) is 0 Å². The summed E-state index contributed by atoms with van der Waals surface area (Å²) >= 11 is 0. The van der Waals surface area contributed by atoms with Gasteiger partial charge in [-0.25, -0.2) is 4.98 Å². The maximum atomic E-state index is 12.2. The van der Waals surface area contributed by atoms with Crippen LogP contribution in [0.1, 0.15) is 33.9 Å². The number of nitrogen functional groups attached to an aromatic ring is 1. The van der Waals surface area contributed by atoms with Gasteiger partial charge < -0.3 is 30.7 Å². The maximum absolute atomic E-state index is 12.2. The Kier molecular flexibility index (Phi) is 7.46. The molecule has 0 spiro atoms. The third kappa shape index (κ3) is 5.21. The van der Waals surface area contributed by atoms with Crippen molar-refractivity contribution in [1.82, 2.24) is 24.6 Å². The summed E-state index contributed by atoms with van der Waals surface area (Å²) in [6, 6.07) is -0.870. The third-order valence-corrected chi connectivity index (χ3v) is 6.03. The Morgan fingerprint density at radius 3 is 2.76 bits per heavy atom. The van der Waals surface area contributed by atoms with Gasteiger partial charge in [0.15, 0.2) is 23.2 Å². The molecule has 0 amide bonds. The molecule has 1 fully saturated rings. The molecule has 2 aromatic rings. The Hall–Kier alpha value is -2.48. The SMILES string of the molecule is CNc1nc(N)nc2c1ncn2[C@@H]1O[C@H](CO[P+](=O)N[C@@H](C)C(=O)OC(C)C)[C@@H](O)[C@@]1(C)O. The van der Waals surface area contributed by atoms with Gasteiger partial charge in [-0.2, -0.15) is 9.97 Å². The highest BCUT2D eigenvalue weighted by Gasteiger charge is 2.54. The molecule has 2 aromatic heterocycles. The normalized spacial score (nSPS) is 26.5. The molecule has 15 heteroatoms. The molecule has 33 heavy (non-hydrogen) atoms. The first-order valence-electron chi connectivity index (χ1n) is 10.3. The zero-order valence-corrected chi connectivity index (χ0v) is 19.8. The lowest BCUT2D eigenvalue weighted by molar-refractivity contribution is -0.149. The van der Waals surface area contributed by atoms with Crippen molar-refractivity contribution >= 4 is 37.1 Å². The van der Waals surface area contributed by atoms with E-state index in [0.717, 1.165) is 0 Å². The third-order valence-electron chi connectivity index (χ3n) is 5.04. The minimum atomic E-state index is -2.48. The molecule has 1 aliphatic rings. The van der Waals surface area contributed by atoms with E-state index in [9.17, 15) is 19.6 Å². The van der Waals surface area contributed by atoms with E-state index in [1.54, 1.807) is 20.9 Å². The summed E-state index contributed by atoms with van der Waals surface area (Å²) in [6.07, 6.45) is -2.46. The Labute approximate surface area is 190 Å². The Morgan fingerprint density at radius 1 is 1.42 bits per heavy atom. The predicted molar refractivity (Wildman–Crippen MR) is 117 cm³/mol. The lowest BCUT2D eigenvalue weighted by Gasteiger charge is -2.27. The summed E-state index contributed by atoms with van der Waals surface area (Å²) in [5.41, 5.74) is 4.69. The van der Waals surface area contributed by atoms with Crippen LogP contribution in [0.25, 0.3) is 11.2 Å². The monoisotopic (exact) mass is 486 g/mol. The van der Waals surface area contributed by atoms with E-state index >= 15 is 0 Å². The van der Waals surface area contributed by atoms with Gasteiger partial charge in [0.2, 0.25) is 5.95 Å². The van der Waals surface area contributed by atoms with Crippen LogP contribution in [0.2, 0.25) is 0 Å².